The molecule has 0 unspecified atom stereocenters. The molecule has 0 saturated heterocycles. The van der Waals surface area contributed by atoms with Crippen LogP contribution in [0.2, 0.25) is 0 Å². The average Bonchev–Trinajstić information content (AvgIpc) is 3.52. The van der Waals surface area contributed by atoms with Gasteiger partial charge in [-0.2, -0.15) is 18.3 Å². The summed E-state index contributed by atoms with van der Waals surface area (Å²) in [5.74, 6) is -1.16. The maximum Gasteiger partial charge on any atom is 0.410 e. The molecule has 11 heteroatoms. The lowest BCUT2D eigenvalue weighted by atomic mass is 9.96. The second-order valence-corrected chi connectivity index (χ2v) is 9.59. The number of thiophene rings is 1. The first kappa shape index (κ1) is 23.4. The molecule has 184 valence electrons. The van der Waals surface area contributed by atoms with Gasteiger partial charge < -0.3 is 15.4 Å². The summed E-state index contributed by atoms with van der Waals surface area (Å²) in [4.78, 5) is 26.9. The van der Waals surface area contributed by atoms with E-state index in [0.29, 0.717) is 22.5 Å². The van der Waals surface area contributed by atoms with Crippen LogP contribution in [0.25, 0.3) is 0 Å². The van der Waals surface area contributed by atoms with Crippen molar-refractivity contribution in [2.45, 2.75) is 50.9 Å². The number of benzene rings is 1. The standard InChI is InChI=1S/C24H23F3N4O3S/c1-2-34-23(33)19-14-9-6-10-17(14)35-22(19)30-21(32)15-12-28-31-18(24(25,26)27)11-16(29-20(15)31)13-7-4-3-5-8-13/h3-5,7-8,12,16,18,29H,2,6,9-11H2,1H3,(H,30,32)/t16-,18+/m1/s1. The lowest BCUT2D eigenvalue weighted by molar-refractivity contribution is -0.173. The van der Waals surface area contributed by atoms with E-state index in [0.717, 1.165) is 34.2 Å². The van der Waals surface area contributed by atoms with Crippen LogP contribution in [0, 0.1) is 0 Å². The topological polar surface area (TPSA) is 85.2 Å². The van der Waals surface area contributed by atoms with Gasteiger partial charge in [0, 0.05) is 11.3 Å². The van der Waals surface area contributed by atoms with Crippen LogP contribution in [-0.4, -0.2) is 34.4 Å². The van der Waals surface area contributed by atoms with E-state index >= 15 is 0 Å². The van der Waals surface area contributed by atoms with Crippen LogP contribution < -0.4 is 10.6 Å². The summed E-state index contributed by atoms with van der Waals surface area (Å²) < 4.78 is 47.8. The number of alkyl halides is 3. The first-order chi connectivity index (χ1) is 16.8. The second kappa shape index (κ2) is 9.03. The number of hydrogen-bond donors (Lipinski definition) is 2. The van der Waals surface area contributed by atoms with Gasteiger partial charge in [0.15, 0.2) is 6.04 Å². The first-order valence-corrected chi connectivity index (χ1v) is 12.2. The number of carbonyl (C=O) groups is 2. The molecule has 2 atom stereocenters. The van der Waals surface area contributed by atoms with E-state index in [1.165, 1.54) is 11.3 Å². The van der Waals surface area contributed by atoms with Crippen LogP contribution in [-0.2, 0) is 17.6 Å². The van der Waals surface area contributed by atoms with Gasteiger partial charge in [0.25, 0.3) is 5.91 Å². The number of rotatable bonds is 5. The van der Waals surface area contributed by atoms with Crippen LogP contribution in [0.4, 0.5) is 24.0 Å². The van der Waals surface area contributed by atoms with Crippen molar-refractivity contribution >= 4 is 34.0 Å². The van der Waals surface area contributed by atoms with Gasteiger partial charge in [-0.05, 0) is 37.3 Å². The highest BCUT2D eigenvalue weighted by molar-refractivity contribution is 7.17. The molecule has 1 aliphatic heterocycles. The van der Waals surface area contributed by atoms with Gasteiger partial charge in [0.2, 0.25) is 0 Å². The zero-order chi connectivity index (χ0) is 24.7. The molecule has 35 heavy (non-hydrogen) atoms. The molecule has 2 N–H and O–H groups in total. The molecule has 1 aromatic carbocycles. The fourth-order valence-corrected chi connectivity index (χ4v) is 5.99. The average molecular weight is 505 g/mol. The van der Waals surface area contributed by atoms with E-state index in [2.05, 4.69) is 15.7 Å². The number of fused-ring (bicyclic) bond motifs is 2. The molecule has 1 amide bonds. The zero-order valence-corrected chi connectivity index (χ0v) is 19.6. The highest BCUT2D eigenvalue weighted by atomic mass is 32.1. The molecule has 3 heterocycles. The SMILES string of the molecule is CCOC(=O)c1c(NC(=O)c2cnn3c2N[C@@H](c2ccccc2)C[C@H]3C(F)(F)F)sc2c1CCC2. The predicted molar refractivity (Wildman–Crippen MR) is 125 cm³/mol. The fourth-order valence-electron chi connectivity index (χ4n) is 4.71. The molecule has 5 rings (SSSR count). The van der Waals surface area contributed by atoms with Crippen LogP contribution in [0.1, 0.15) is 68.6 Å². The number of amides is 1. The number of aryl methyl sites for hydroxylation is 1. The summed E-state index contributed by atoms with van der Waals surface area (Å²) in [6.45, 7) is 1.89. The van der Waals surface area contributed by atoms with E-state index in [4.69, 9.17) is 4.74 Å². The van der Waals surface area contributed by atoms with Gasteiger partial charge in [0.05, 0.1) is 24.4 Å². The van der Waals surface area contributed by atoms with Crippen molar-refractivity contribution in [3.05, 3.63) is 63.7 Å². The molecule has 7 nitrogen and oxygen atoms in total. The Morgan fingerprint density at radius 1 is 1.26 bits per heavy atom. The Labute approximate surface area is 203 Å². The maximum atomic E-state index is 13.9. The Morgan fingerprint density at radius 3 is 2.74 bits per heavy atom. The monoisotopic (exact) mass is 504 g/mol. The third-order valence-corrected chi connectivity index (χ3v) is 7.52. The third kappa shape index (κ3) is 4.29. The largest absolute Gasteiger partial charge is 0.462 e. The normalized spacial score (nSPS) is 19.0. The molecule has 2 aliphatic rings. The maximum absolute atomic E-state index is 13.9. The van der Waals surface area contributed by atoms with E-state index < -0.39 is 30.1 Å². The number of nitrogens with one attached hydrogen (secondary N) is 2. The minimum Gasteiger partial charge on any atom is -0.462 e. The van der Waals surface area contributed by atoms with Gasteiger partial charge in [0.1, 0.15) is 16.4 Å². The van der Waals surface area contributed by atoms with Gasteiger partial charge in [-0.15, -0.1) is 11.3 Å². The van der Waals surface area contributed by atoms with Crippen molar-refractivity contribution in [2.75, 3.05) is 17.2 Å². The number of carbonyl (C=O) groups excluding carboxylic acids is 2. The Hall–Kier alpha value is -3.34. The minimum atomic E-state index is -4.55. The molecule has 0 radical (unpaired) electrons. The highest BCUT2D eigenvalue weighted by Gasteiger charge is 2.47. The molecular formula is C24H23F3N4O3S. The van der Waals surface area contributed by atoms with E-state index in [1.807, 2.05) is 0 Å². The zero-order valence-electron chi connectivity index (χ0n) is 18.8. The van der Waals surface area contributed by atoms with E-state index in [9.17, 15) is 22.8 Å². The quantitative estimate of drug-likeness (QED) is 0.447. The molecular weight excluding hydrogens is 481 g/mol. The Morgan fingerprint density at radius 2 is 2.03 bits per heavy atom. The number of esters is 1. The van der Waals surface area contributed by atoms with Crippen molar-refractivity contribution in [1.82, 2.24) is 9.78 Å². The number of ether oxygens (including phenoxy) is 1. The number of anilines is 2. The Balaban J connectivity index is 1.49. The first-order valence-electron chi connectivity index (χ1n) is 11.4. The van der Waals surface area contributed by atoms with Crippen molar-refractivity contribution in [3.63, 3.8) is 0 Å². The predicted octanol–water partition coefficient (Wildman–Crippen LogP) is 5.52. The summed E-state index contributed by atoms with van der Waals surface area (Å²) in [7, 11) is 0. The van der Waals surface area contributed by atoms with Crippen LogP contribution in [0.3, 0.4) is 0 Å². The van der Waals surface area contributed by atoms with Crippen molar-refractivity contribution < 1.29 is 27.5 Å². The van der Waals surface area contributed by atoms with Crippen LogP contribution in [0.5, 0.6) is 0 Å². The van der Waals surface area contributed by atoms with Gasteiger partial charge in [-0.3, -0.25) is 4.79 Å². The summed E-state index contributed by atoms with van der Waals surface area (Å²) in [5, 5.41) is 10.1. The molecule has 3 aromatic rings. The summed E-state index contributed by atoms with van der Waals surface area (Å²) >= 11 is 1.31. The summed E-state index contributed by atoms with van der Waals surface area (Å²) in [6.07, 6.45) is -1.23. The second-order valence-electron chi connectivity index (χ2n) is 8.49. The smallest absolute Gasteiger partial charge is 0.410 e. The highest BCUT2D eigenvalue weighted by Crippen LogP contribution is 2.45. The summed E-state index contributed by atoms with van der Waals surface area (Å²) in [5.41, 5.74) is 1.87. The lowest BCUT2D eigenvalue weighted by Gasteiger charge is -2.34. The molecule has 2 aromatic heterocycles. The number of aromatic nitrogens is 2. The molecule has 0 spiro atoms. The van der Waals surface area contributed by atoms with Crippen molar-refractivity contribution in [1.29, 1.82) is 0 Å². The van der Waals surface area contributed by atoms with E-state index in [-0.39, 0.29) is 24.4 Å². The number of nitrogens with zero attached hydrogens (tertiary/aromatic N) is 2. The third-order valence-electron chi connectivity index (χ3n) is 6.31. The van der Waals surface area contributed by atoms with Gasteiger partial charge >= 0.3 is 12.1 Å². The van der Waals surface area contributed by atoms with Crippen molar-refractivity contribution in [3.8, 4) is 0 Å². The van der Waals surface area contributed by atoms with Gasteiger partial charge in [-0.25, -0.2) is 9.48 Å². The molecule has 0 saturated carbocycles. The number of hydrogen-bond acceptors (Lipinski definition) is 6. The van der Waals surface area contributed by atoms with E-state index in [1.54, 1.807) is 37.3 Å². The Bertz CT molecular complexity index is 1270. The molecule has 0 bridgehead atoms. The van der Waals surface area contributed by atoms with Crippen LogP contribution >= 0.6 is 11.3 Å². The molecule has 0 fully saturated rings. The lowest BCUT2D eigenvalue weighted by Crippen LogP contribution is -2.36. The molecule has 1 aliphatic carbocycles. The fraction of sp³-hybridized carbons (Fsp3) is 0.375. The van der Waals surface area contributed by atoms with Crippen LogP contribution in [0.15, 0.2) is 36.5 Å². The minimum absolute atomic E-state index is 0.00768. The number of halogens is 3. The van der Waals surface area contributed by atoms with Gasteiger partial charge in [-0.1, -0.05) is 30.3 Å². The summed E-state index contributed by atoms with van der Waals surface area (Å²) in [6, 6.07) is 6.25. The van der Waals surface area contributed by atoms with Crippen molar-refractivity contribution in [2.24, 2.45) is 0 Å². The Kier molecular flexibility index (Phi) is 6.04.